The number of nitrogens with zero attached hydrogens (tertiary/aromatic N) is 6. The van der Waals surface area contributed by atoms with Crippen molar-refractivity contribution in [1.82, 2.24) is 40.1 Å². The molecular formula is C47H64N8O8S. The number of fused-ring (bicyclic) bond motifs is 6. The minimum atomic E-state index is -1.07. The molecule has 7 rings (SSSR count). The van der Waals surface area contributed by atoms with E-state index in [1.165, 1.54) is 28.4 Å². The van der Waals surface area contributed by atoms with Crippen LogP contribution in [0.3, 0.4) is 0 Å². The fourth-order valence-corrected chi connectivity index (χ4v) is 10.3. The molecule has 17 heteroatoms. The number of aliphatic hydroxyl groups is 1. The Labute approximate surface area is 379 Å². The average Bonchev–Trinajstić information content (AvgIpc) is 3.86. The Balaban J connectivity index is 1.26. The second kappa shape index (κ2) is 19.7. The Morgan fingerprint density at radius 1 is 1.14 bits per heavy atom. The van der Waals surface area contributed by atoms with E-state index < -0.39 is 41.3 Å². The van der Waals surface area contributed by atoms with E-state index in [4.69, 9.17) is 24.2 Å². The summed E-state index contributed by atoms with van der Waals surface area (Å²) in [7, 11) is 4.81. The number of hydrogen-bond acceptors (Lipinski definition) is 12. The van der Waals surface area contributed by atoms with E-state index >= 15 is 0 Å². The molecule has 346 valence electrons. The van der Waals surface area contributed by atoms with Gasteiger partial charge in [0.05, 0.1) is 47.5 Å². The maximum absolute atomic E-state index is 14.6. The Morgan fingerprint density at radius 3 is 2.59 bits per heavy atom. The second-order valence-corrected chi connectivity index (χ2v) is 19.4. The summed E-state index contributed by atoms with van der Waals surface area (Å²) in [4.78, 5) is 69.4. The number of carbonyl (C=O) groups excluding carboxylic acids is 4. The molecular weight excluding hydrogens is 837 g/mol. The highest BCUT2D eigenvalue weighted by atomic mass is 32.1. The third-order valence-corrected chi connectivity index (χ3v) is 13.8. The summed E-state index contributed by atoms with van der Waals surface area (Å²) in [5.41, 5.74) is 9.27. The molecule has 3 aliphatic rings. The van der Waals surface area contributed by atoms with Crippen molar-refractivity contribution in [3.05, 3.63) is 58.2 Å². The van der Waals surface area contributed by atoms with Gasteiger partial charge in [-0.2, -0.15) is 0 Å². The lowest BCUT2D eigenvalue weighted by molar-refractivity contribution is -0.155. The fourth-order valence-electron chi connectivity index (χ4n) is 9.41. The number of esters is 1. The molecule has 3 aromatic heterocycles. The molecule has 1 aromatic carbocycles. The van der Waals surface area contributed by atoms with Crippen LogP contribution < -0.4 is 10.7 Å². The third kappa shape index (κ3) is 9.55. The first kappa shape index (κ1) is 47.0. The molecule has 4 aromatic rings. The number of amides is 4. The summed E-state index contributed by atoms with van der Waals surface area (Å²) in [6.07, 6.45) is 2.83. The molecule has 0 aliphatic carbocycles. The lowest BCUT2D eigenvalue weighted by Gasteiger charge is -2.45. The highest BCUT2D eigenvalue weighted by Gasteiger charge is 2.42. The molecule has 64 heavy (non-hydrogen) atoms. The number of pyridine rings is 1. The van der Waals surface area contributed by atoms with E-state index in [0.717, 1.165) is 44.7 Å². The van der Waals surface area contributed by atoms with E-state index in [-0.39, 0.29) is 49.7 Å². The van der Waals surface area contributed by atoms with Crippen molar-refractivity contribution in [2.75, 3.05) is 54.1 Å². The van der Waals surface area contributed by atoms with Gasteiger partial charge in [0.15, 0.2) is 0 Å². The SMILES string of the molecule is CCn1c(-c2cccnc2[C@H](C)OC)c2c3cc(ccc31)-c1csc(n1)C[C@H](NC(=O)C(C(C)C)N(C)C(=O)N1CC([C@H](CO)OC)C1)C(=O)N1CCC[C@H](N1)C(=O)OCC(C)(C)C2. The second-order valence-electron chi connectivity index (χ2n) is 18.5. The minimum Gasteiger partial charge on any atom is -0.464 e. The van der Waals surface area contributed by atoms with E-state index in [9.17, 15) is 24.3 Å². The van der Waals surface area contributed by atoms with Gasteiger partial charge in [0.2, 0.25) is 5.91 Å². The van der Waals surface area contributed by atoms with Gasteiger partial charge in [-0.15, -0.1) is 11.3 Å². The zero-order chi connectivity index (χ0) is 46.0. The number of likely N-dealkylation sites (N-methyl/N-ethyl adjacent to an activating group) is 1. The first-order valence-electron chi connectivity index (χ1n) is 22.4. The smallest absolute Gasteiger partial charge is 0.324 e. The number of urea groups is 1. The molecule has 6 bridgehead atoms. The van der Waals surface area contributed by atoms with E-state index in [2.05, 4.69) is 60.3 Å². The van der Waals surface area contributed by atoms with Crippen LogP contribution in [0.15, 0.2) is 41.9 Å². The Bertz CT molecular complexity index is 2340. The van der Waals surface area contributed by atoms with Crippen molar-refractivity contribution in [2.24, 2.45) is 17.3 Å². The van der Waals surface area contributed by atoms with Gasteiger partial charge in [-0.3, -0.25) is 24.4 Å². The van der Waals surface area contributed by atoms with Crippen LogP contribution in [0.4, 0.5) is 4.79 Å². The Kier molecular flexibility index (Phi) is 14.4. The first-order chi connectivity index (χ1) is 30.6. The maximum Gasteiger partial charge on any atom is 0.324 e. The zero-order valence-electron chi connectivity index (χ0n) is 38.6. The summed E-state index contributed by atoms with van der Waals surface area (Å²) < 4.78 is 19.6. The highest BCUT2D eigenvalue weighted by Crippen LogP contribution is 2.42. The number of ether oxygens (including phenoxy) is 3. The highest BCUT2D eigenvalue weighted by molar-refractivity contribution is 7.10. The van der Waals surface area contributed by atoms with Crippen molar-refractivity contribution in [3.8, 4) is 22.5 Å². The number of hydrazine groups is 1. The summed E-state index contributed by atoms with van der Waals surface area (Å²) in [5, 5.41) is 17.8. The number of aromatic nitrogens is 3. The number of rotatable bonds is 11. The monoisotopic (exact) mass is 900 g/mol. The summed E-state index contributed by atoms with van der Waals surface area (Å²) in [5.74, 6) is -1.67. The number of hydrogen-bond donors (Lipinski definition) is 3. The van der Waals surface area contributed by atoms with Crippen LogP contribution in [0.5, 0.6) is 0 Å². The fraction of sp³-hybridized carbons (Fsp3) is 0.574. The molecule has 5 atom stereocenters. The van der Waals surface area contributed by atoms with Crippen molar-refractivity contribution < 1.29 is 38.5 Å². The van der Waals surface area contributed by atoms with Crippen molar-refractivity contribution in [3.63, 3.8) is 0 Å². The van der Waals surface area contributed by atoms with Crippen LogP contribution in [-0.4, -0.2) is 137 Å². The van der Waals surface area contributed by atoms with Crippen LogP contribution in [-0.2, 0) is 48.0 Å². The summed E-state index contributed by atoms with van der Waals surface area (Å²) >= 11 is 1.41. The average molecular weight is 901 g/mol. The van der Waals surface area contributed by atoms with Gasteiger partial charge in [-0.05, 0) is 68.9 Å². The molecule has 4 amide bonds. The molecule has 6 heterocycles. The number of cyclic esters (lactones) is 1. The van der Waals surface area contributed by atoms with Gasteiger partial charge in [-0.25, -0.2) is 15.2 Å². The number of thiazole rings is 1. The standard InChI is InChI=1S/C47H64N8O8S/c1-10-54-37-16-15-29-19-32(37)33(42(54)31-13-11-17-48-40(31)28(4)61-8)21-47(5,6)26-63-45(59)34-14-12-18-55(51-34)44(58)35(20-39-49-36(29)25-64-39)50-43(57)41(27(2)3)52(7)46(60)53-22-30(23-53)38(24-56)62-9/h11,13,15-17,19,25,27-28,30,34-35,38,41,51,56H,10,12,14,18,20-24,26H2,1-9H3,(H,50,57)/t28-,34-,35-,38-,41?/m0/s1. The molecule has 0 saturated carbocycles. The Morgan fingerprint density at radius 2 is 1.91 bits per heavy atom. The van der Waals surface area contributed by atoms with Crippen molar-refractivity contribution in [2.45, 2.75) is 104 Å². The number of aliphatic hydroxyl groups excluding tert-OH is 1. The summed E-state index contributed by atoms with van der Waals surface area (Å²) in [6.45, 7) is 13.8. The summed E-state index contributed by atoms with van der Waals surface area (Å²) in [6, 6.07) is 7.32. The van der Waals surface area contributed by atoms with E-state index in [1.807, 2.05) is 32.2 Å². The van der Waals surface area contributed by atoms with Crippen molar-refractivity contribution in [1.29, 1.82) is 0 Å². The zero-order valence-corrected chi connectivity index (χ0v) is 39.4. The molecule has 2 fully saturated rings. The molecule has 3 aliphatic heterocycles. The lowest BCUT2D eigenvalue weighted by atomic mass is 9.84. The predicted molar refractivity (Wildman–Crippen MR) is 244 cm³/mol. The van der Waals surface area contributed by atoms with Gasteiger partial charge in [0, 0.05) is 98.8 Å². The van der Waals surface area contributed by atoms with E-state index in [1.54, 1.807) is 25.3 Å². The minimum absolute atomic E-state index is 0.0137. The quantitative estimate of drug-likeness (QED) is 0.168. The normalized spacial score (nSPS) is 20.9. The topological polar surface area (TPSA) is 181 Å². The van der Waals surface area contributed by atoms with Gasteiger partial charge in [0.25, 0.3) is 5.91 Å². The molecule has 1 unspecified atom stereocenters. The van der Waals surface area contributed by atoms with Gasteiger partial charge < -0.3 is 39.0 Å². The molecule has 0 spiro atoms. The lowest BCUT2D eigenvalue weighted by Crippen LogP contribution is -2.64. The molecule has 2 saturated heterocycles. The molecule has 16 nitrogen and oxygen atoms in total. The van der Waals surface area contributed by atoms with Gasteiger partial charge >= 0.3 is 12.0 Å². The van der Waals surface area contributed by atoms with Crippen LogP contribution in [0.1, 0.15) is 76.8 Å². The van der Waals surface area contributed by atoms with Crippen molar-refractivity contribution >= 4 is 46.1 Å². The van der Waals surface area contributed by atoms with Gasteiger partial charge in [0.1, 0.15) is 18.1 Å². The number of carbonyl (C=O) groups is 4. The molecule has 3 N–H and O–H groups in total. The number of benzene rings is 1. The van der Waals surface area contributed by atoms with Crippen LogP contribution >= 0.6 is 11.3 Å². The predicted octanol–water partition coefficient (Wildman–Crippen LogP) is 5.22. The van der Waals surface area contributed by atoms with E-state index in [0.29, 0.717) is 50.4 Å². The van der Waals surface area contributed by atoms with Crippen LogP contribution in [0.2, 0.25) is 0 Å². The number of methoxy groups -OCH3 is 2. The Hall–Kier alpha value is -4.94. The van der Waals surface area contributed by atoms with Gasteiger partial charge in [-0.1, -0.05) is 33.8 Å². The third-order valence-electron chi connectivity index (χ3n) is 13.0. The van der Waals surface area contributed by atoms with Crippen LogP contribution in [0.25, 0.3) is 33.4 Å². The first-order valence-corrected chi connectivity index (χ1v) is 23.2. The van der Waals surface area contributed by atoms with Crippen LogP contribution in [0, 0.1) is 17.3 Å². The number of nitrogens with one attached hydrogen (secondary N) is 2. The maximum atomic E-state index is 14.6. The number of aryl methyl sites for hydroxylation is 1. The number of likely N-dealkylation sites (tertiary alicyclic amines) is 1. The molecule has 0 radical (unpaired) electrons. The largest absolute Gasteiger partial charge is 0.464 e.